The van der Waals surface area contributed by atoms with Crippen LogP contribution in [0.1, 0.15) is 22.1 Å². The van der Waals surface area contributed by atoms with Crippen molar-refractivity contribution in [2.75, 3.05) is 14.2 Å². The fourth-order valence-electron chi connectivity index (χ4n) is 3.82. The summed E-state index contributed by atoms with van der Waals surface area (Å²) in [5, 5.41) is 8.28. The van der Waals surface area contributed by atoms with Gasteiger partial charge in [-0.3, -0.25) is 4.79 Å². The number of carboxylic acid groups (broad SMARTS) is 1. The summed E-state index contributed by atoms with van der Waals surface area (Å²) in [7, 11) is -1.21. The van der Waals surface area contributed by atoms with Crippen LogP contribution >= 0.6 is 11.3 Å². The van der Waals surface area contributed by atoms with E-state index in [1.807, 2.05) is 0 Å². The standard InChI is InChI=1S/C24H22FN3O6S2/c1-4-21(20-9-8-19(35-20)17-12-26-24(34-3)27-23(17)33-2)36(31,32)28-13-14(5-10-22(29)30)16-11-15(25)6-7-18(16)28/h4,6-9,11-13,21H,1,5,10H2,2-3H3,(H,29,30). The molecule has 0 spiro atoms. The normalized spacial score (nSPS) is 12.4. The molecule has 0 aliphatic rings. The van der Waals surface area contributed by atoms with Crippen LogP contribution in [0.25, 0.3) is 21.3 Å². The number of benzene rings is 1. The van der Waals surface area contributed by atoms with E-state index in [9.17, 15) is 17.6 Å². The molecule has 1 aromatic carbocycles. The molecule has 3 aromatic heterocycles. The minimum Gasteiger partial charge on any atom is -0.481 e. The van der Waals surface area contributed by atoms with Crippen molar-refractivity contribution >= 4 is 38.2 Å². The van der Waals surface area contributed by atoms with Crippen LogP contribution in [0, 0.1) is 5.82 Å². The highest BCUT2D eigenvalue weighted by Crippen LogP contribution is 2.40. The molecule has 3 heterocycles. The second-order valence-electron chi connectivity index (χ2n) is 7.69. The number of aromatic nitrogens is 3. The Labute approximate surface area is 210 Å². The molecule has 9 nitrogen and oxygen atoms in total. The van der Waals surface area contributed by atoms with Gasteiger partial charge in [-0.1, -0.05) is 6.08 Å². The summed E-state index contributed by atoms with van der Waals surface area (Å²) in [5.41, 5.74) is 1.24. The lowest BCUT2D eigenvalue weighted by molar-refractivity contribution is -0.136. The zero-order valence-electron chi connectivity index (χ0n) is 19.3. The van der Waals surface area contributed by atoms with Crippen LogP contribution in [0.15, 0.2) is 55.4 Å². The molecular formula is C24H22FN3O6S2. The fourth-order valence-corrected chi connectivity index (χ4v) is 6.89. The van der Waals surface area contributed by atoms with Gasteiger partial charge in [0.05, 0.1) is 25.3 Å². The lowest BCUT2D eigenvalue weighted by Gasteiger charge is -2.14. The van der Waals surface area contributed by atoms with Crippen LogP contribution in [0.4, 0.5) is 4.39 Å². The molecule has 0 aliphatic heterocycles. The molecule has 188 valence electrons. The molecular weight excluding hydrogens is 509 g/mol. The average Bonchev–Trinajstić information content (AvgIpc) is 3.47. The van der Waals surface area contributed by atoms with Crippen molar-refractivity contribution in [1.82, 2.24) is 13.9 Å². The highest BCUT2D eigenvalue weighted by molar-refractivity contribution is 7.90. The Bertz CT molecular complexity index is 1560. The van der Waals surface area contributed by atoms with E-state index in [2.05, 4.69) is 16.5 Å². The van der Waals surface area contributed by atoms with E-state index < -0.39 is 27.1 Å². The number of carboxylic acids is 1. The predicted molar refractivity (Wildman–Crippen MR) is 134 cm³/mol. The Morgan fingerprint density at radius 2 is 2.06 bits per heavy atom. The number of hydrogen-bond acceptors (Lipinski definition) is 8. The van der Waals surface area contributed by atoms with Crippen molar-refractivity contribution in [2.45, 2.75) is 18.1 Å². The molecule has 0 amide bonds. The van der Waals surface area contributed by atoms with Gasteiger partial charge >= 0.3 is 12.0 Å². The molecule has 0 saturated carbocycles. The summed E-state index contributed by atoms with van der Waals surface area (Å²) in [6.07, 6.45) is 4.03. The summed E-state index contributed by atoms with van der Waals surface area (Å²) in [6, 6.07) is 7.28. The number of halogens is 1. The van der Waals surface area contributed by atoms with E-state index in [0.717, 1.165) is 10.0 Å². The first-order valence-electron chi connectivity index (χ1n) is 10.6. The molecule has 1 unspecified atom stereocenters. The van der Waals surface area contributed by atoms with Gasteiger partial charge in [-0.05, 0) is 42.3 Å². The third kappa shape index (κ3) is 4.69. The molecule has 36 heavy (non-hydrogen) atoms. The molecule has 4 aromatic rings. The summed E-state index contributed by atoms with van der Waals surface area (Å²) < 4.78 is 53.0. The number of nitrogens with zero attached hydrogens (tertiary/aromatic N) is 3. The van der Waals surface area contributed by atoms with E-state index in [1.165, 1.54) is 56.2 Å². The molecule has 0 aliphatic carbocycles. The van der Waals surface area contributed by atoms with Gasteiger partial charge in [-0.2, -0.15) is 4.98 Å². The van der Waals surface area contributed by atoms with Crippen molar-refractivity contribution in [1.29, 1.82) is 0 Å². The highest BCUT2D eigenvalue weighted by atomic mass is 32.2. The number of methoxy groups -OCH3 is 2. The molecule has 1 N–H and O–H groups in total. The smallest absolute Gasteiger partial charge is 0.319 e. The Balaban J connectivity index is 1.77. The lowest BCUT2D eigenvalue weighted by Crippen LogP contribution is -2.18. The van der Waals surface area contributed by atoms with Gasteiger partial charge in [0.1, 0.15) is 11.1 Å². The fraction of sp³-hybridized carbons (Fsp3) is 0.208. The maximum absolute atomic E-state index is 14.0. The first-order chi connectivity index (χ1) is 17.2. The first-order valence-corrected chi connectivity index (χ1v) is 12.9. The van der Waals surface area contributed by atoms with E-state index in [4.69, 9.17) is 14.6 Å². The van der Waals surface area contributed by atoms with Crippen LogP contribution in [-0.2, 0) is 21.2 Å². The van der Waals surface area contributed by atoms with Crippen molar-refractivity contribution in [3.8, 4) is 22.3 Å². The van der Waals surface area contributed by atoms with Gasteiger partial charge in [-0.25, -0.2) is 21.8 Å². The zero-order chi connectivity index (χ0) is 26.0. The van der Waals surface area contributed by atoms with E-state index in [1.54, 1.807) is 12.1 Å². The third-order valence-corrected chi connectivity index (χ3v) is 8.80. The van der Waals surface area contributed by atoms with Crippen LogP contribution < -0.4 is 9.47 Å². The van der Waals surface area contributed by atoms with Crippen LogP contribution in [0.5, 0.6) is 11.9 Å². The minimum atomic E-state index is -4.10. The second-order valence-corrected chi connectivity index (χ2v) is 10.7. The Morgan fingerprint density at radius 1 is 1.28 bits per heavy atom. The number of rotatable bonds is 10. The molecule has 0 bridgehead atoms. The summed E-state index contributed by atoms with van der Waals surface area (Å²) in [5.74, 6) is -1.31. The van der Waals surface area contributed by atoms with Gasteiger partial charge in [0, 0.05) is 34.0 Å². The monoisotopic (exact) mass is 531 g/mol. The van der Waals surface area contributed by atoms with Crippen LogP contribution in [0.3, 0.4) is 0 Å². The topological polar surface area (TPSA) is 121 Å². The molecule has 4 rings (SSSR count). The Morgan fingerprint density at radius 3 is 2.72 bits per heavy atom. The Hall–Kier alpha value is -3.77. The number of aliphatic carboxylic acids is 1. The quantitative estimate of drug-likeness (QED) is 0.298. The second kappa shape index (κ2) is 10.1. The largest absolute Gasteiger partial charge is 0.481 e. The van der Waals surface area contributed by atoms with Crippen molar-refractivity contribution in [3.05, 3.63) is 71.6 Å². The van der Waals surface area contributed by atoms with Gasteiger partial charge in [0.25, 0.3) is 10.0 Å². The molecule has 0 saturated heterocycles. The highest BCUT2D eigenvalue weighted by Gasteiger charge is 2.30. The van der Waals surface area contributed by atoms with Crippen molar-refractivity contribution in [2.24, 2.45) is 0 Å². The van der Waals surface area contributed by atoms with E-state index >= 15 is 0 Å². The predicted octanol–water partition coefficient (Wildman–Crippen LogP) is 4.44. The summed E-state index contributed by atoms with van der Waals surface area (Å²) >= 11 is 1.21. The van der Waals surface area contributed by atoms with Crippen LogP contribution in [-0.4, -0.2) is 47.7 Å². The SMILES string of the molecule is C=CC(c1ccc(-c2cnc(OC)nc2OC)s1)S(=O)(=O)n1cc(CCC(=O)O)c2cc(F)ccc21. The number of carbonyl (C=O) groups is 1. The number of thiophene rings is 1. The molecule has 0 fully saturated rings. The van der Waals surface area contributed by atoms with E-state index in [-0.39, 0.29) is 30.2 Å². The van der Waals surface area contributed by atoms with Gasteiger partial charge in [0.15, 0.2) is 0 Å². The number of hydrogen-bond donors (Lipinski definition) is 1. The minimum absolute atomic E-state index is 0.0526. The van der Waals surface area contributed by atoms with Gasteiger partial charge in [0.2, 0.25) is 5.88 Å². The zero-order valence-corrected chi connectivity index (χ0v) is 21.0. The van der Waals surface area contributed by atoms with E-state index in [0.29, 0.717) is 26.3 Å². The molecule has 1 atom stereocenters. The molecule has 12 heteroatoms. The molecule has 0 radical (unpaired) electrons. The maximum atomic E-state index is 14.0. The number of ether oxygens (including phenoxy) is 2. The lowest BCUT2D eigenvalue weighted by atomic mass is 10.1. The third-order valence-electron chi connectivity index (χ3n) is 5.51. The Kier molecular flexibility index (Phi) is 7.09. The summed E-state index contributed by atoms with van der Waals surface area (Å²) in [4.78, 5) is 20.5. The summed E-state index contributed by atoms with van der Waals surface area (Å²) in [6.45, 7) is 3.74. The van der Waals surface area contributed by atoms with Crippen molar-refractivity contribution in [3.63, 3.8) is 0 Å². The van der Waals surface area contributed by atoms with Crippen LogP contribution in [0.2, 0.25) is 0 Å². The van der Waals surface area contributed by atoms with Crippen molar-refractivity contribution < 1.29 is 32.2 Å². The number of aryl methyl sites for hydroxylation is 1. The maximum Gasteiger partial charge on any atom is 0.319 e. The van der Waals surface area contributed by atoms with Gasteiger partial charge < -0.3 is 14.6 Å². The first kappa shape index (κ1) is 25.3. The van der Waals surface area contributed by atoms with Gasteiger partial charge in [-0.15, -0.1) is 17.9 Å². The number of fused-ring (bicyclic) bond motifs is 1. The average molecular weight is 532 g/mol.